The Balaban J connectivity index is 2.21. The molecule has 0 N–H and O–H groups in total. The summed E-state index contributed by atoms with van der Waals surface area (Å²) in [6.07, 6.45) is 1.78. The molecule has 7 heteroatoms. The van der Waals surface area contributed by atoms with E-state index in [-0.39, 0.29) is 11.9 Å². The smallest absolute Gasteiger partial charge is 0.244 e. The molecule has 0 aliphatic carbocycles. The molecule has 2 heterocycles. The lowest BCUT2D eigenvalue weighted by molar-refractivity contribution is 0.176. The second-order valence-corrected chi connectivity index (χ2v) is 8.66. The molecule has 0 atom stereocenters. The van der Waals surface area contributed by atoms with Gasteiger partial charge in [0.2, 0.25) is 10.0 Å². The number of likely N-dealkylation sites (tertiary alicyclic amines) is 1. The maximum atomic E-state index is 12.9. The van der Waals surface area contributed by atoms with Gasteiger partial charge < -0.3 is 4.90 Å². The summed E-state index contributed by atoms with van der Waals surface area (Å²) in [7, 11) is -1.75. The predicted molar refractivity (Wildman–Crippen MR) is 88.7 cm³/mol. The fourth-order valence-electron chi connectivity index (χ4n) is 2.87. The lowest BCUT2D eigenvalue weighted by Crippen LogP contribution is -2.45. The first kappa shape index (κ1) is 17.2. The lowest BCUT2D eigenvalue weighted by atomic mass is 10.1. The van der Waals surface area contributed by atoms with Crippen LogP contribution in [0.5, 0.6) is 0 Å². The number of hydrogen-bond donors (Lipinski definition) is 0. The van der Waals surface area contributed by atoms with Gasteiger partial charge in [-0.15, -0.1) is 22.9 Å². The van der Waals surface area contributed by atoms with Gasteiger partial charge in [0.25, 0.3) is 0 Å². The van der Waals surface area contributed by atoms with Crippen LogP contribution in [0.3, 0.4) is 0 Å². The molecule has 0 radical (unpaired) electrons. The number of aryl methyl sites for hydroxylation is 1. The Labute approximate surface area is 136 Å². The van der Waals surface area contributed by atoms with Crippen molar-refractivity contribution in [1.82, 2.24) is 9.21 Å². The first-order valence-electron chi connectivity index (χ1n) is 7.25. The van der Waals surface area contributed by atoms with Gasteiger partial charge in [0, 0.05) is 18.0 Å². The summed E-state index contributed by atoms with van der Waals surface area (Å²) < 4.78 is 27.4. The summed E-state index contributed by atoms with van der Waals surface area (Å²) in [4.78, 5) is 3.52. The SMILES string of the molecule is CCN1CCC(N(C)S(=O)(=O)c2c(C)csc2CCl)CC1. The van der Waals surface area contributed by atoms with Crippen LogP contribution in [0.15, 0.2) is 10.3 Å². The number of piperidine rings is 1. The minimum Gasteiger partial charge on any atom is -0.303 e. The van der Waals surface area contributed by atoms with E-state index in [9.17, 15) is 8.42 Å². The van der Waals surface area contributed by atoms with Crippen LogP contribution in [-0.4, -0.2) is 50.3 Å². The second kappa shape index (κ2) is 6.96. The van der Waals surface area contributed by atoms with Crippen molar-refractivity contribution in [2.24, 2.45) is 0 Å². The van der Waals surface area contributed by atoms with Crippen LogP contribution in [-0.2, 0) is 15.9 Å². The van der Waals surface area contributed by atoms with E-state index in [0.717, 1.165) is 42.9 Å². The van der Waals surface area contributed by atoms with E-state index in [2.05, 4.69) is 11.8 Å². The van der Waals surface area contributed by atoms with Gasteiger partial charge in [-0.2, -0.15) is 4.31 Å². The average molecular weight is 351 g/mol. The molecule has 2 rings (SSSR count). The van der Waals surface area contributed by atoms with Crippen LogP contribution in [0, 0.1) is 6.92 Å². The Morgan fingerprint density at radius 1 is 1.43 bits per heavy atom. The Kier molecular flexibility index (Phi) is 5.71. The van der Waals surface area contributed by atoms with Gasteiger partial charge in [0.1, 0.15) is 4.90 Å². The molecular weight excluding hydrogens is 328 g/mol. The summed E-state index contributed by atoms with van der Waals surface area (Å²) in [5.74, 6) is 0.245. The maximum absolute atomic E-state index is 12.9. The quantitative estimate of drug-likeness (QED) is 0.767. The molecule has 0 spiro atoms. The van der Waals surface area contributed by atoms with Crippen LogP contribution < -0.4 is 0 Å². The maximum Gasteiger partial charge on any atom is 0.244 e. The van der Waals surface area contributed by atoms with E-state index in [1.54, 1.807) is 11.4 Å². The van der Waals surface area contributed by atoms with Gasteiger partial charge in [-0.1, -0.05) is 6.92 Å². The van der Waals surface area contributed by atoms with E-state index < -0.39 is 10.0 Å². The molecule has 4 nitrogen and oxygen atoms in total. The molecule has 0 amide bonds. The van der Waals surface area contributed by atoms with E-state index in [4.69, 9.17) is 11.6 Å². The molecule has 1 saturated heterocycles. The van der Waals surface area contributed by atoms with E-state index in [0.29, 0.717) is 4.90 Å². The summed E-state index contributed by atoms with van der Waals surface area (Å²) >= 11 is 7.33. The molecule has 0 bridgehead atoms. The molecule has 1 aliphatic heterocycles. The molecule has 21 heavy (non-hydrogen) atoms. The molecular formula is C14H23ClN2O2S2. The zero-order valence-corrected chi connectivity index (χ0v) is 15.2. The van der Waals surface area contributed by atoms with Gasteiger partial charge in [-0.25, -0.2) is 8.42 Å². The first-order valence-corrected chi connectivity index (χ1v) is 10.1. The summed E-state index contributed by atoms with van der Waals surface area (Å²) in [5, 5.41) is 1.87. The number of halogens is 1. The Bertz CT molecular complexity index is 578. The van der Waals surface area contributed by atoms with Crippen LogP contribution >= 0.6 is 22.9 Å². The highest BCUT2D eigenvalue weighted by Gasteiger charge is 2.33. The highest BCUT2D eigenvalue weighted by Crippen LogP contribution is 2.32. The third-order valence-electron chi connectivity index (χ3n) is 4.27. The van der Waals surface area contributed by atoms with Crippen LogP contribution in [0.1, 0.15) is 30.2 Å². The van der Waals surface area contributed by atoms with E-state index >= 15 is 0 Å². The summed E-state index contributed by atoms with van der Waals surface area (Å²) in [6, 6.07) is 0.0836. The Hall–Kier alpha value is -0.140. The molecule has 120 valence electrons. The van der Waals surface area contributed by atoms with Crippen molar-refractivity contribution in [3.05, 3.63) is 15.8 Å². The topological polar surface area (TPSA) is 40.6 Å². The number of sulfonamides is 1. The third-order valence-corrected chi connectivity index (χ3v) is 8.07. The van der Waals surface area contributed by atoms with Crippen molar-refractivity contribution in [2.45, 2.75) is 43.5 Å². The van der Waals surface area contributed by atoms with Gasteiger partial charge in [0.15, 0.2) is 0 Å². The largest absolute Gasteiger partial charge is 0.303 e. The zero-order chi connectivity index (χ0) is 15.6. The molecule has 0 unspecified atom stereocenters. The fourth-order valence-corrected chi connectivity index (χ4v) is 6.29. The van der Waals surface area contributed by atoms with Crippen LogP contribution in [0.25, 0.3) is 0 Å². The van der Waals surface area contributed by atoms with Crippen molar-refractivity contribution in [2.75, 3.05) is 26.7 Å². The molecule has 1 fully saturated rings. The van der Waals surface area contributed by atoms with Gasteiger partial charge in [-0.05, 0) is 50.3 Å². The Morgan fingerprint density at radius 2 is 2.05 bits per heavy atom. The van der Waals surface area contributed by atoms with Crippen LogP contribution in [0.2, 0.25) is 0 Å². The molecule has 1 aliphatic rings. The highest BCUT2D eigenvalue weighted by molar-refractivity contribution is 7.89. The second-order valence-electron chi connectivity index (χ2n) is 5.49. The summed E-state index contributed by atoms with van der Waals surface area (Å²) in [5.41, 5.74) is 0.800. The van der Waals surface area contributed by atoms with Crippen molar-refractivity contribution in [1.29, 1.82) is 0 Å². The van der Waals surface area contributed by atoms with Crippen molar-refractivity contribution >= 4 is 33.0 Å². The third kappa shape index (κ3) is 3.45. The van der Waals surface area contributed by atoms with Gasteiger partial charge in [0.05, 0.1) is 5.88 Å². The van der Waals surface area contributed by atoms with E-state index in [1.165, 1.54) is 11.3 Å². The van der Waals surface area contributed by atoms with Crippen molar-refractivity contribution < 1.29 is 8.42 Å². The van der Waals surface area contributed by atoms with Crippen molar-refractivity contribution in [3.8, 4) is 0 Å². The first-order chi connectivity index (χ1) is 9.91. The highest BCUT2D eigenvalue weighted by atomic mass is 35.5. The van der Waals surface area contributed by atoms with Gasteiger partial charge in [-0.3, -0.25) is 0 Å². The lowest BCUT2D eigenvalue weighted by Gasteiger charge is -2.35. The number of hydrogen-bond acceptors (Lipinski definition) is 4. The minimum absolute atomic E-state index is 0.0836. The number of thiophene rings is 1. The normalized spacial score (nSPS) is 18.5. The standard InChI is InChI=1S/C14H23ClN2O2S2/c1-4-17-7-5-12(6-8-17)16(3)21(18,19)14-11(2)10-20-13(14)9-15/h10,12H,4-9H2,1-3H3. The molecule has 1 aromatic heterocycles. The van der Waals surface area contributed by atoms with E-state index in [1.807, 2.05) is 12.3 Å². The Morgan fingerprint density at radius 3 is 2.57 bits per heavy atom. The fraction of sp³-hybridized carbons (Fsp3) is 0.714. The number of alkyl halides is 1. The van der Waals surface area contributed by atoms with Gasteiger partial charge >= 0.3 is 0 Å². The van der Waals surface area contributed by atoms with Crippen LogP contribution in [0.4, 0.5) is 0 Å². The predicted octanol–water partition coefficient (Wildman–Crippen LogP) is 2.90. The monoisotopic (exact) mass is 350 g/mol. The number of nitrogens with zero attached hydrogens (tertiary/aromatic N) is 2. The van der Waals surface area contributed by atoms with Crippen molar-refractivity contribution in [3.63, 3.8) is 0 Å². The minimum atomic E-state index is -3.45. The molecule has 0 aromatic carbocycles. The number of rotatable bonds is 5. The zero-order valence-electron chi connectivity index (χ0n) is 12.8. The average Bonchev–Trinajstić information content (AvgIpc) is 2.88. The summed E-state index contributed by atoms with van der Waals surface area (Å²) in [6.45, 7) is 6.94. The molecule has 1 aromatic rings. The molecule has 0 saturated carbocycles.